The molecule has 0 spiro atoms. The van der Waals surface area contributed by atoms with E-state index in [1.807, 2.05) is 24.3 Å². The molecule has 1 fully saturated rings. The van der Waals surface area contributed by atoms with Crippen molar-refractivity contribution in [3.05, 3.63) is 47.8 Å². The minimum Gasteiger partial charge on any atom is -0.492 e. The van der Waals surface area contributed by atoms with Crippen LogP contribution >= 0.6 is 11.8 Å². The maximum absolute atomic E-state index is 15.7. The standard InChI is InChI=1S/C29H38FN7OS/c1-18(2)39-24-9-7-6-8-21(24)32-28-20-12-15-31-27(20)34-29(35-28)33-22-10-11-23(25(30)26(22)38-5)37-16-13-19(14-17-37)36(3)4/h6-11,18-19H,12-17H2,1-5H3,(H3,31,32,33,34,35). The molecule has 0 saturated carbocycles. The van der Waals surface area contributed by atoms with Gasteiger partial charge in [0.25, 0.3) is 0 Å². The molecule has 0 unspecified atom stereocenters. The Kier molecular flexibility index (Phi) is 8.32. The summed E-state index contributed by atoms with van der Waals surface area (Å²) >= 11 is 1.80. The molecule has 1 aromatic heterocycles. The van der Waals surface area contributed by atoms with Gasteiger partial charge in [-0.3, -0.25) is 0 Å². The average Bonchev–Trinajstić information content (AvgIpc) is 3.39. The minimum absolute atomic E-state index is 0.160. The highest BCUT2D eigenvalue weighted by Crippen LogP contribution is 2.39. The monoisotopic (exact) mass is 551 g/mol. The van der Waals surface area contributed by atoms with Crippen molar-refractivity contribution in [2.24, 2.45) is 0 Å². The third kappa shape index (κ3) is 6.01. The van der Waals surface area contributed by atoms with E-state index in [1.165, 1.54) is 7.11 Å². The van der Waals surface area contributed by atoms with Gasteiger partial charge in [0.15, 0.2) is 11.6 Å². The highest BCUT2D eigenvalue weighted by atomic mass is 32.2. The maximum Gasteiger partial charge on any atom is 0.231 e. The van der Waals surface area contributed by atoms with Gasteiger partial charge in [0, 0.05) is 41.4 Å². The Hall–Kier alpha value is -3.24. The molecule has 0 atom stereocenters. The lowest BCUT2D eigenvalue weighted by molar-refractivity contribution is 0.249. The molecule has 0 bridgehead atoms. The van der Waals surface area contributed by atoms with Crippen LogP contribution in [0.5, 0.6) is 5.75 Å². The molecular formula is C29H38FN7OS. The van der Waals surface area contributed by atoms with Crippen molar-refractivity contribution in [3.63, 3.8) is 0 Å². The first-order chi connectivity index (χ1) is 18.8. The number of piperidine rings is 1. The second kappa shape index (κ2) is 11.9. The number of nitrogens with one attached hydrogen (secondary N) is 3. The number of benzene rings is 2. The van der Waals surface area contributed by atoms with E-state index in [2.05, 4.69) is 65.8 Å². The molecule has 2 aliphatic heterocycles. The fraction of sp³-hybridized carbons (Fsp3) is 0.448. The number of halogens is 1. The number of thioether (sulfide) groups is 1. The van der Waals surface area contributed by atoms with Gasteiger partial charge in [-0.25, -0.2) is 4.39 Å². The zero-order valence-electron chi connectivity index (χ0n) is 23.3. The normalized spacial score (nSPS) is 15.4. The van der Waals surface area contributed by atoms with Crippen molar-refractivity contribution in [1.29, 1.82) is 0 Å². The van der Waals surface area contributed by atoms with Crippen LogP contribution in [0.4, 0.5) is 39.0 Å². The minimum atomic E-state index is -0.372. The van der Waals surface area contributed by atoms with Crippen molar-refractivity contribution >= 4 is 46.4 Å². The van der Waals surface area contributed by atoms with E-state index in [4.69, 9.17) is 14.7 Å². The lowest BCUT2D eigenvalue weighted by atomic mass is 10.0. The molecule has 8 nitrogen and oxygen atoms in total. The third-order valence-electron chi connectivity index (χ3n) is 7.24. The zero-order chi connectivity index (χ0) is 27.5. The summed E-state index contributed by atoms with van der Waals surface area (Å²) in [4.78, 5) is 15.0. The number of ether oxygens (including phenoxy) is 1. The summed E-state index contributed by atoms with van der Waals surface area (Å²) in [5, 5.41) is 10.6. The summed E-state index contributed by atoms with van der Waals surface area (Å²) < 4.78 is 21.3. The number of anilines is 6. The molecule has 2 aromatic carbocycles. The molecule has 39 heavy (non-hydrogen) atoms. The fourth-order valence-electron chi connectivity index (χ4n) is 5.22. The van der Waals surface area contributed by atoms with E-state index < -0.39 is 0 Å². The first-order valence-corrected chi connectivity index (χ1v) is 14.4. The molecule has 3 aromatic rings. The topological polar surface area (TPSA) is 77.6 Å². The quantitative estimate of drug-likeness (QED) is 0.273. The van der Waals surface area contributed by atoms with Gasteiger partial charge < -0.3 is 30.5 Å². The van der Waals surface area contributed by atoms with Crippen molar-refractivity contribution in [1.82, 2.24) is 14.9 Å². The van der Waals surface area contributed by atoms with E-state index in [9.17, 15) is 0 Å². The van der Waals surface area contributed by atoms with Crippen molar-refractivity contribution in [2.75, 3.05) is 61.7 Å². The molecule has 0 radical (unpaired) electrons. The molecule has 3 N–H and O–H groups in total. The summed E-state index contributed by atoms with van der Waals surface area (Å²) in [5.41, 5.74) is 3.09. The predicted octanol–water partition coefficient (Wildman–Crippen LogP) is 6.11. The number of fused-ring (bicyclic) bond motifs is 1. The summed E-state index contributed by atoms with van der Waals surface area (Å²) in [5.74, 6) is 1.68. The Morgan fingerprint density at radius 1 is 1.08 bits per heavy atom. The van der Waals surface area contributed by atoms with Crippen LogP contribution in [0.25, 0.3) is 0 Å². The Bertz CT molecular complexity index is 1310. The summed E-state index contributed by atoms with van der Waals surface area (Å²) in [6.07, 6.45) is 2.83. The predicted molar refractivity (Wildman–Crippen MR) is 160 cm³/mol. The van der Waals surface area contributed by atoms with E-state index in [1.54, 1.807) is 11.8 Å². The SMILES string of the molecule is COc1c(Nc2nc3c(c(Nc4ccccc4SC(C)C)n2)CCN3)ccc(N2CCC(N(C)C)CC2)c1F. The summed E-state index contributed by atoms with van der Waals surface area (Å²) in [7, 11) is 5.70. The maximum atomic E-state index is 15.7. The first kappa shape index (κ1) is 27.3. The van der Waals surface area contributed by atoms with E-state index in [-0.39, 0.29) is 11.6 Å². The van der Waals surface area contributed by atoms with Gasteiger partial charge in [0.05, 0.1) is 24.2 Å². The Morgan fingerprint density at radius 3 is 2.56 bits per heavy atom. The number of para-hydroxylation sites is 1. The molecule has 0 amide bonds. The molecule has 10 heteroatoms. The van der Waals surface area contributed by atoms with Crippen LogP contribution < -0.4 is 25.6 Å². The molecule has 0 aliphatic carbocycles. The van der Waals surface area contributed by atoms with Crippen LogP contribution in [0, 0.1) is 5.82 Å². The Balaban J connectivity index is 1.41. The molecule has 3 heterocycles. The number of aromatic nitrogens is 2. The molecule has 5 rings (SSSR count). The van der Waals surface area contributed by atoms with Gasteiger partial charge in [0.1, 0.15) is 11.6 Å². The lowest BCUT2D eigenvalue weighted by Crippen LogP contribution is -2.42. The van der Waals surface area contributed by atoms with Gasteiger partial charge in [-0.15, -0.1) is 11.8 Å². The van der Waals surface area contributed by atoms with Crippen LogP contribution in [0.2, 0.25) is 0 Å². The van der Waals surface area contributed by atoms with Gasteiger partial charge in [-0.05, 0) is 57.6 Å². The number of rotatable bonds is 9. The van der Waals surface area contributed by atoms with Crippen molar-refractivity contribution in [2.45, 2.75) is 49.3 Å². The number of hydrogen-bond donors (Lipinski definition) is 3. The van der Waals surface area contributed by atoms with Crippen molar-refractivity contribution < 1.29 is 9.13 Å². The fourth-order valence-corrected chi connectivity index (χ4v) is 6.13. The highest BCUT2D eigenvalue weighted by Gasteiger charge is 2.26. The van der Waals surface area contributed by atoms with Gasteiger partial charge in [-0.2, -0.15) is 9.97 Å². The molecule has 1 saturated heterocycles. The second-order valence-electron chi connectivity index (χ2n) is 10.5. The number of nitrogens with zero attached hydrogens (tertiary/aromatic N) is 4. The van der Waals surface area contributed by atoms with Crippen LogP contribution in [0.1, 0.15) is 32.3 Å². The third-order valence-corrected chi connectivity index (χ3v) is 8.32. The van der Waals surface area contributed by atoms with Gasteiger partial charge in [0.2, 0.25) is 5.95 Å². The molecule has 2 aliphatic rings. The van der Waals surface area contributed by atoms with Crippen molar-refractivity contribution in [3.8, 4) is 5.75 Å². The molecular weight excluding hydrogens is 513 g/mol. The second-order valence-corrected chi connectivity index (χ2v) is 12.1. The Labute approximate surface area is 234 Å². The van der Waals surface area contributed by atoms with Gasteiger partial charge in [-0.1, -0.05) is 26.0 Å². The largest absolute Gasteiger partial charge is 0.492 e. The average molecular weight is 552 g/mol. The summed E-state index contributed by atoms with van der Waals surface area (Å²) in [6.45, 7) is 6.77. The van der Waals surface area contributed by atoms with Crippen LogP contribution in [0.3, 0.4) is 0 Å². The van der Waals surface area contributed by atoms with Crippen LogP contribution in [-0.4, -0.2) is 67.0 Å². The van der Waals surface area contributed by atoms with Crippen LogP contribution in [0.15, 0.2) is 41.3 Å². The Morgan fingerprint density at radius 2 is 1.85 bits per heavy atom. The van der Waals surface area contributed by atoms with E-state index in [0.29, 0.717) is 28.6 Å². The molecule has 208 valence electrons. The highest BCUT2D eigenvalue weighted by molar-refractivity contribution is 8.00. The first-order valence-electron chi connectivity index (χ1n) is 13.6. The lowest BCUT2D eigenvalue weighted by Gasteiger charge is -2.36. The van der Waals surface area contributed by atoms with E-state index >= 15 is 4.39 Å². The van der Waals surface area contributed by atoms with Gasteiger partial charge >= 0.3 is 0 Å². The summed E-state index contributed by atoms with van der Waals surface area (Å²) in [6, 6.07) is 12.4. The zero-order valence-corrected chi connectivity index (χ0v) is 24.2. The smallest absolute Gasteiger partial charge is 0.231 e. The van der Waals surface area contributed by atoms with Crippen LogP contribution in [-0.2, 0) is 6.42 Å². The number of hydrogen-bond acceptors (Lipinski definition) is 9. The van der Waals surface area contributed by atoms with E-state index in [0.717, 1.165) is 66.7 Å². The number of methoxy groups -OCH3 is 1.